The molecule has 1 heterocycles. The summed E-state index contributed by atoms with van der Waals surface area (Å²) in [6, 6.07) is 18.4. The van der Waals surface area contributed by atoms with E-state index in [4.69, 9.17) is 17.0 Å². The van der Waals surface area contributed by atoms with E-state index in [2.05, 4.69) is 23.0 Å². The Morgan fingerprint density at radius 1 is 1.10 bits per heavy atom. The van der Waals surface area contributed by atoms with Crippen molar-refractivity contribution in [1.82, 2.24) is 3.96 Å². The first-order valence-electron chi connectivity index (χ1n) is 6.54. The third-order valence-electron chi connectivity index (χ3n) is 3.15. The predicted molar refractivity (Wildman–Crippen MR) is 87.3 cm³/mol. The molecule has 0 saturated carbocycles. The highest BCUT2D eigenvalue weighted by Crippen LogP contribution is 2.26. The van der Waals surface area contributed by atoms with Crippen molar-refractivity contribution < 1.29 is 4.74 Å². The van der Waals surface area contributed by atoms with Gasteiger partial charge in [-0.1, -0.05) is 60.1 Å². The Labute approximate surface area is 127 Å². The van der Waals surface area contributed by atoms with Gasteiger partial charge in [-0.2, -0.15) is 0 Å². The van der Waals surface area contributed by atoms with Crippen molar-refractivity contribution in [3.05, 3.63) is 59.2 Å². The van der Waals surface area contributed by atoms with Gasteiger partial charge in [0.05, 0.1) is 10.7 Å². The van der Waals surface area contributed by atoms with Gasteiger partial charge < -0.3 is 4.74 Å². The lowest BCUT2D eigenvalue weighted by molar-refractivity contribution is 0.267. The van der Waals surface area contributed by atoms with Crippen LogP contribution in [0.25, 0.3) is 10.1 Å². The summed E-state index contributed by atoms with van der Waals surface area (Å²) in [4.78, 5) is 0. The number of hydrogen-bond acceptors (Lipinski definition) is 3. The minimum atomic E-state index is 0.222. The molecule has 0 amide bonds. The van der Waals surface area contributed by atoms with Gasteiger partial charge in [-0.25, -0.2) is 0 Å². The van der Waals surface area contributed by atoms with Crippen molar-refractivity contribution in [2.75, 3.05) is 6.61 Å². The number of ether oxygens (including phenoxy) is 1. The van der Waals surface area contributed by atoms with Crippen molar-refractivity contribution in [3.63, 3.8) is 0 Å². The first kappa shape index (κ1) is 13.3. The number of fused-ring (bicyclic) bond motifs is 1. The van der Waals surface area contributed by atoms with Gasteiger partial charge in [-0.15, -0.1) is 0 Å². The van der Waals surface area contributed by atoms with Crippen LogP contribution in [-0.4, -0.2) is 10.6 Å². The molecule has 0 radical (unpaired) electrons. The second kappa shape index (κ2) is 5.77. The summed E-state index contributed by atoms with van der Waals surface area (Å²) in [6.07, 6.45) is 0. The van der Waals surface area contributed by atoms with E-state index < -0.39 is 0 Å². The molecule has 0 saturated heterocycles. The molecule has 0 aliphatic rings. The summed E-state index contributed by atoms with van der Waals surface area (Å²) < 4.78 is 10.1. The van der Waals surface area contributed by atoms with E-state index in [1.54, 1.807) is 11.5 Å². The Morgan fingerprint density at radius 3 is 2.55 bits per heavy atom. The summed E-state index contributed by atoms with van der Waals surface area (Å²) >= 11 is 7.25. The molecule has 0 fully saturated rings. The third-order valence-corrected chi connectivity index (χ3v) is 4.97. The van der Waals surface area contributed by atoms with Gasteiger partial charge in [0, 0.05) is 5.39 Å². The van der Waals surface area contributed by atoms with Crippen LogP contribution in [0.4, 0.5) is 0 Å². The smallest absolute Gasteiger partial charge is 0.124 e. The van der Waals surface area contributed by atoms with E-state index >= 15 is 0 Å². The van der Waals surface area contributed by atoms with Gasteiger partial charge in [0.15, 0.2) is 0 Å². The predicted octanol–water partition coefficient (Wildman–Crippen LogP) is 5.07. The minimum absolute atomic E-state index is 0.222. The molecule has 1 atom stereocenters. The SMILES string of the molecule is CC(COc1ccccc1)n1sc2ccccc2c1=S. The zero-order valence-electron chi connectivity index (χ0n) is 11.2. The quantitative estimate of drug-likeness (QED) is 0.624. The molecule has 3 rings (SSSR count). The van der Waals surface area contributed by atoms with Crippen LogP contribution in [0.3, 0.4) is 0 Å². The van der Waals surface area contributed by atoms with Gasteiger partial charge in [0.25, 0.3) is 0 Å². The van der Waals surface area contributed by atoms with Crippen LogP contribution >= 0.6 is 23.8 Å². The van der Waals surface area contributed by atoms with Crippen LogP contribution in [0, 0.1) is 4.64 Å². The van der Waals surface area contributed by atoms with Crippen LogP contribution < -0.4 is 4.74 Å². The average molecular weight is 301 g/mol. The maximum atomic E-state index is 5.81. The van der Waals surface area contributed by atoms with Crippen LogP contribution in [0.1, 0.15) is 13.0 Å². The molecule has 20 heavy (non-hydrogen) atoms. The Kier molecular flexibility index (Phi) is 3.85. The number of benzene rings is 2. The van der Waals surface area contributed by atoms with Gasteiger partial charge in [-0.05, 0) is 25.1 Å². The highest BCUT2D eigenvalue weighted by molar-refractivity contribution is 7.71. The normalized spacial score (nSPS) is 12.4. The molecule has 1 unspecified atom stereocenters. The van der Waals surface area contributed by atoms with Crippen molar-refractivity contribution in [2.45, 2.75) is 13.0 Å². The zero-order chi connectivity index (χ0) is 13.9. The highest BCUT2D eigenvalue weighted by Gasteiger charge is 2.11. The fourth-order valence-electron chi connectivity index (χ4n) is 2.08. The zero-order valence-corrected chi connectivity index (χ0v) is 12.8. The van der Waals surface area contributed by atoms with E-state index in [0.717, 1.165) is 15.8 Å². The van der Waals surface area contributed by atoms with Gasteiger partial charge in [0.2, 0.25) is 0 Å². The van der Waals surface area contributed by atoms with Crippen molar-refractivity contribution >= 4 is 33.8 Å². The minimum Gasteiger partial charge on any atom is -0.491 e. The molecule has 0 N–H and O–H groups in total. The molecule has 0 bridgehead atoms. The summed E-state index contributed by atoms with van der Waals surface area (Å²) in [5.41, 5.74) is 0. The number of aromatic nitrogens is 1. The molecule has 0 aliphatic heterocycles. The molecular weight excluding hydrogens is 286 g/mol. The van der Waals surface area contributed by atoms with E-state index in [1.165, 1.54) is 4.70 Å². The van der Waals surface area contributed by atoms with Crippen LogP contribution in [0.5, 0.6) is 5.75 Å². The second-order valence-electron chi connectivity index (χ2n) is 4.69. The van der Waals surface area contributed by atoms with Crippen LogP contribution in [-0.2, 0) is 0 Å². The maximum Gasteiger partial charge on any atom is 0.124 e. The molecular formula is C16H15NOS2. The van der Waals surface area contributed by atoms with Crippen molar-refractivity contribution in [2.24, 2.45) is 0 Å². The number of nitrogens with zero attached hydrogens (tertiary/aromatic N) is 1. The van der Waals surface area contributed by atoms with Crippen molar-refractivity contribution in [1.29, 1.82) is 0 Å². The molecule has 0 spiro atoms. The largest absolute Gasteiger partial charge is 0.491 e. The van der Waals surface area contributed by atoms with Crippen molar-refractivity contribution in [3.8, 4) is 5.75 Å². The summed E-state index contributed by atoms with van der Waals surface area (Å²) in [7, 11) is 0. The Morgan fingerprint density at radius 2 is 1.80 bits per heavy atom. The van der Waals surface area contributed by atoms with E-state index in [1.807, 2.05) is 42.5 Å². The van der Waals surface area contributed by atoms with E-state index in [0.29, 0.717) is 6.61 Å². The average Bonchev–Trinajstić information content (AvgIpc) is 2.84. The standard InChI is InChI=1S/C16H15NOS2/c1-12(11-18-13-7-3-2-4-8-13)17-16(19)14-9-5-6-10-15(14)20-17/h2-10,12H,11H2,1H3. The summed E-state index contributed by atoms with van der Waals surface area (Å²) in [6.45, 7) is 2.75. The Hall–Kier alpha value is -1.65. The molecule has 102 valence electrons. The molecule has 2 nitrogen and oxygen atoms in total. The van der Waals surface area contributed by atoms with Gasteiger partial charge >= 0.3 is 0 Å². The highest BCUT2D eigenvalue weighted by atomic mass is 32.1. The molecule has 0 aliphatic carbocycles. The number of hydrogen-bond donors (Lipinski definition) is 0. The lowest BCUT2D eigenvalue weighted by Crippen LogP contribution is -2.12. The van der Waals surface area contributed by atoms with E-state index in [9.17, 15) is 0 Å². The summed E-state index contributed by atoms with van der Waals surface area (Å²) in [5, 5.41) is 1.15. The lowest BCUT2D eigenvalue weighted by atomic mass is 10.3. The van der Waals surface area contributed by atoms with E-state index in [-0.39, 0.29) is 6.04 Å². The molecule has 3 aromatic rings. The van der Waals surface area contributed by atoms with Crippen LogP contribution in [0.15, 0.2) is 54.6 Å². The fourth-order valence-corrected chi connectivity index (χ4v) is 3.65. The third kappa shape index (κ3) is 2.62. The van der Waals surface area contributed by atoms with Crippen LogP contribution in [0.2, 0.25) is 0 Å². The monoisotopic (exact) mass is 301 g/mol. The maximum absolute atomic E-state index is 5.81. The van der Waals surface area contributed by atoms with Gasteiger partial charge in [0.1, 0.15) is 17.0 Å². The number of para-hydroxylation sites is 1. The molecule has 2 aromatic carbocycles. The molecule has 4 heteroatoms. The number of rotatable bonds is 4. The Balaban J connectivity index is 1.80. The lowest BCUT2D eigenvalue weighted by Gasteiger charge is -2.13. The first-order chi connectivity index (χ1) is 9.75. The Bertz CT molecular complexity index is 761. The topological polar surface area (TPSA) is 14.2 Å². The second-order valence-corrected chi connectivity index (χ2v) is 6.09. The first-order valence-corrected chi connectivity index (χ1v) is 7.72. The fraction of sp³-hybridized carbons (Fsp3) is 0.188. The molecule has 1 aromatic heterocycles. The summed E-state index contributed by atoms with van der Waals surface area (Å²) in [5.74, 6) is 0.895. The van der Waals surface area contributed by atoms with Gasteiger partial charge in [-0.3, -0.25) is 3.96 Å².